The summed E-state index contributed by atoms with van der Waals surface area (Å²) in [5.74, 6) is 1.72. The summed E-state index contributed by atoms with van der Waals surface area (Å²) in [6.45, 7) is 5.78. The zero-order valence-electron chi connectivity index (χ0n) is 11.9. The van der Waals surface area contributed by atoms with Crippen molar-refractivity contribution in [2.45, 2.75) is 33.2 Å². The van der Waals surface area contributed by atoms with Crippen LogP contribution >= 0.6 is 0 Å². The van der Waals surface area contributed by atoms with E-state index in [1.807, 2.05) is 0 Å². The Kier molecular flexibility index (Phi) is 4.45. The molecule has 2 aromatic rings. The maximum atomic E-state index is 11.7. The van der Waals surface area contributed by atoms with Crippen molar-refractivity contribution in [1.29, 1.82) is 0 Å². The van der Waals surface area contributed by atoms with E-state index < -0.39 is 0 Å². The van der Waals surface area contributed by atoms with Crippen molar-refractivity contribution < 1.29 is 4.79 Å². The van der Waals surface area contributed by atoms with Gasteiger partial charge in [0.2, 0.25) is 5.95 Å². The summed E-state index contributed by atoms with van der Waals surface area (Å²) in [4.78, 5) is 24.2. The first kappa shape index (κ1) is 14.2. The van der Waals surface area contributed by atoms with Crippen molar-refractivity contribution in [2.24, 2.45) is 5.92 Å². The van der Waals surface area contributed by atoms with Crippen LogP contribution in [0.3, 0.4) is 0 Å². The van der Waals surface area contributed by atoms with Gasteiger partial charge >= 0.3 is 0 Å². The van der Waals surface area contributed by atoms with Crippen molar-refractivity contribution in [2.75, 3.05) is 5.32 Å². The number of rotatable bonds is 6. The van der Waals surface area contributed by atoms with Crippen molar-refractivity contribution in [3.8, 4) is 5.95 Å². The molecule has 0 saturated carbocycles. The van der Waals surface area contributed by atoms with Crippen LogP contribution in [-0.2, 0) is 4.79 Å². The van der Waals surface area contributed by atoms with Crippen molar-refractivity contribution in [3.05, 3.63) is 31.0 Å². The van der Waals surface area contributed by atoms with E-state index in [0.29, 0.717) is 17.7 Å². The van der Waals surface area contributed by atoms with Gasteiger partial charge in [0.15, 0.2) is 5.78 Å². The van der Waals surface area contributed by atoms with Gasteiger partial charge < -0.3 is 5.32 Å². The normalized spacial score (nSPS) is 12.4. The number of carbonyl (C=O) groups excluding carboxylic acids is 1. The molecule has 2 rings (SSSR count). The Labute approximate surface area is 118 Å². The largest absolute Gasteiger partial charge is 0.360 e. The van der Waals surface area contributed by atoms with E-state index in [1.54, 1.807) is 42.5 Å². The number of ketones is 1. The van der Waals surface area contributed by atoms with E-state index in [-0.39, 0.29) is 11.8 Å². The van der Waals surface area contributed by atoms with Crippen LogP contribution in [0.5, 0.6) is 0 Å². The third-order valence-corrected chi connectivity index (χ3v) is 2.90. The third-order valence-electron chi connectivity index (χ3n) is 2.90. The minimum atomic E-state index is -0.222. The lowest BCUT2D eigenvalue weighted by Gasteiger charge is -2.18. The van der Waals surface area contributed by atoms with Gasteiger partial charge in [0.05, 0.1) is 6.04 Å². The Hall–Kier alpha value is -2.24. The van der Waals surface area contributed by atoms with Gasteiger partial charge in [-0.1, -0.05) is 13.8 Å². The molecule has 0 unspecified atom stereocenters. The molecule has 1 atom stereocenters. The molecule has 2 aromatic heterocycles. The van der Waals surface area contributed by atoms with E-state index >= 15 is 0 Å². The quantitative estimate of drug-likeness (QED) is 0.872. The van der Waals surface area contributed by atoms with Crippen LogP contribution in [0.2, 0.25) is 0 Å². The van der Waals surface area contributed by atoms with E-state index in [1.165, 1.54) is 0 Å². The van der Waals surface area contributed by atoms with Crippen LogP contribution in [-0.4, -0.2) is 31.3 Å². The van der Waals surface area contributed by atoms with Crippen LogP contribution in [0.1, 0.15) is 27.2 Å². The van der Waals surface area contributed by atoms with Crippen LogP contribution < -0.4 is 5.32 Å². The third kappa shape index (κ3) is 3.63. The molecule has 0 aliphatic rings. The summed E-state index contributed by atoms with van der Waals surface area (Å²) in [7, 11) is 0. The van der Waals surface area contributed by atoms with Gasteiger partial charge in [0, 0.05) is 18.6 Å². The van der Waals surface area contributed by atoms with E-state index in [4.69, 9.17) is 0 Å². The molecular weight excluding hydrogens is 254 g/mol. The zero-order chi connectivity index (χ0) is 14.5. The summed E-state index contributed by atoms with van der Waals surface area (Å²) in [5.41, 5.74) is 0. The molecule has 0 fully saturated rings. The fourth-order valence-electron chi connectivity index (χ4n) is 1.91. The molecule has 0 aliphatic carbocycles. The standard InChI is InChI=1S/C14H19N5O/c1-10(2)8-12(11(3)20)17-13-4-5-16-14(18-13)19-7-6-15-9-19/h4-7,9-10,12H,8H2,1-3H3,(H,16,17,18)/t12-/m0/s1. The fourth-order valence-corrected chi connectivity index (χ4v) is 1.91. The molecule has 0 spiro atoms. The van der Waals surface area contributed by atoms with Crippen LogP contribution in [0.25, 0.3) is 5.95 Å². The van der Waals surface area contributed by atoms with Gasteiger partial charge in [-0.2, -0.15) is 4.98 Å². The number of aromatic nitrogens is 4. The summed E-state index contributed by atoms with van der Waals surface area (Å²) in [6.07, 6.45) is 7.52. The summed E-state index contributed by atoms with van der Waals surface area (Å²) >= 11 is 0. The molecule has 0 aliphatic heterocycles. The first-order valence-electron chi connectivity index (χ1n) is 6.64. The monoisotopic (exact) mass is 273 g/mol. The first-order valence-corrected chi connectivity index (χ1v) is 6.64. The van der Waals surface area contributed by atoms with E-state index in [0.717, 1.165) is 6.42 Å². The molecule has 20 heavy (non-hydrogen) atoms. The molecule has 0 bridgehead atoms. The Morgan fingerprint density at radius 2 is 2.20 bits per heavy atom. The van der Waals surface area contributed by atoms with Crippen LogP contribution in [0, 0.1) is 5.92 Å². The second-order valence-electron chi connectivity index (χ2n) is 5.15. The molecule has 106 valence electrons. The highest BCUT2D eigenvalue weighted by atomic mass is 16.1. The van der Waals surface area contributed by atoms with Crippen molar-refractivity contribution >= 4 is 11.6 Å². The minimum Gasteiger partial charge on any atom is -0.360 e. The van der Waals surface area contributed by atoms with Gasteiger partial charge in [0.1, 0.15) is 12.1 Å². The highest BCUT2D eigenvalue weighted by molar-refractivity contribution is 5.84. The summed E-state index contributed by atoms with van der Waals surface area (Å²) < 4.78 is 1.72. The van der Waals surface area contributed by atoms with E-state index in [2.05, 4.69) is 34.1 Å². The fraction of sp³-hybridized carbons (Fsp3) is 0.429. The number of carbonyl (C=O) groups is 1. The average Bonchev–Trinajstić information content (AvgIpc) is 2.91. The molecule has 0 radical (unpaired) electrons. The first-order chi connectivity index (χ1) is 9.56. The SMILES string of the molecule is CC(=O)[C@H](CC(C)C)Nc1ccnc(-n2ccnc2)n1. The Bertz CT molecular complexity index is 565. The summed E-state index contributed by atoms with van der Waals surface area (Å²) in [6, 6.07) is 1.54. The lowest BCUT2D eigenvalue weighted by atomic mass is 10.0. The van der Waals surface area contributed by atoms with Gasteiger partial charge in [-0.3, -0.25) is 9.36 Å². The van der Waals surface area contributed by atoms with Gasteiger partial charge in [-0.25, -0.2) is 9.97 Å². The average molecular weight is 273 g/mol. The minimum absolute atomic E-state index is 0.112. The number of nitrogens with zero attached hydrogens (tertiary/aromatic N) is 4. The van der Waals surface area contributed by atoms with Crippen LogP contribution in [0.15, 0.2) is 31.0 Å². The molecule has 2 heterocycles. The molecule has 0 aromatic carbocycles. The van der Waals surface area contributed by atoms with E-state index in [9.17, 15) is 4.79 Å². The predicted octanol–water partition coefficient (Wildman–Crippen LogP) is 2.08. The highest BCUT2D eigenvalue weighted by Crippen LogP contribution is 2.13. The number of hydrogen-bond donors (Lipinski definition) is 1. The van der Waals surface area contributed by atoms with Gasteiger partial charge in [-0.05, 0) is 25.3 Å². The zero-order valence-corrected chi connectivity index (χ0v) is 11.9. The maximum absolute atomic E-state index is 11.7. The summed E-state index contributed by atoms with van der Waals surface area (Å²) in [5, 5.41) is 3.18. The molecule has 0 amide bonds. The Morgan fingerprint density at radius 3 is 2.80 bits per heavy atom. The van der Waals surface area contributed by atoms with Crippen molar-refractivity contribution in [3.63, 3.8) is 0 Å². The van der Waals surface area contributed by atoms with Crippen LogP contribution in [0.4, 0.5) is 5.82 Å². The molecule has 0 saturated heterocycles. The smallest absolute Gasteiger partial charge is 0.236 e. The number of nitrogens with one attached hydrogen (secondary N) is 1. The topological polar surface area (TPSA) is 72.7 Å². The van der Waals surface area contributed by atoms with Gasteiger partial charge in [0.25, 0.3) is 0 Å². The second kappa shape index (κ2) is 6.27. The lowest BCUT2D eigenvalue weighted by Crippen LogP contribution is -2.29. The van der Waals surface area contributed by atoms with Gasteiger partial charge in [-0.15, -0.1) is 0 Å². The highest BCUT2D eigenvalue weighted by Gasteiger charge is 2.16. The predicted molar refractivity (Wildman–Crippen MR) is 76.7 cm³/mol. The number of Topliss-reactive ketones (excluding diaryl/α,β-unsaturated/α-hetero) is 1. The molecule has 6 nitrogen and oxygen atoms in total. The molecule has 1 N–H and O–H groups in total. The Balaban J connectivity index is 2.16. The number of anilines is 1. The lowest BCUT2D eigenvalue weighted by molar-refractivity contribution is -0.118. The maximum Gasteiger partial charge on any atom is 0.236 e. The molecule has 6 heteroatoms. The number of imidazole rings is 1. The second-order valence-corrected chi connectivity index (χ2v) is 5.15. The number of hydrogen-bond acceptors (Lipinski definition) is 5. The van der Waals surface area contributed by atoms with Crippen molar-refractivity contribution in [1.82, 2.24) is 19.5 Å². The Morgan fingerprint density at radius 1 is 1.40 bits per heavy atom. The molecular formula is C14H19N5O.